The minimum absolute atomic E-state index is 0.654. The molecule has 0 saturated heterocycles. The molecule has 1 unspecified atom stereocenters. The molecular formula is C13H18BrCl. The van der Waals surface area contributed by atoms with Crippen LogP contribution < -0.4 is 0 Å². The molecule has 0 aliphatic rings. The van der Waals surface area contributed by atoms with Crippen LogP contribution in [0.4, 0.5) is 0 Å². The third kappa shape index (κ3) is 4.56. The van der Waals surface area contributed by atoms with E-state index in [0.29, 0.717) is 4.83 Å². The first-order valence-corrected chi connectivity index (χ1v) is 6.82. The number of hydrogen-bond acceptors (Lipinski definition) is 0. The van der Waals surface area contributed by atoms with Gasteiger partial charge >= 0.3 is 0 Å². The predicted octanol–water partition coefficient (Wildman–Crippen LogP) is 5.14. The number of benzene rings is 1. The highest BCUT2D eigenvalue weighted by molar-refractivity contribution is 9.09. The van der Waals surface area contributed by atoms with E-state index in [4.69, 9.17) is 11.6 Å². The number of aryl methyl sites for hydroxylation is 2. The lowest BCUT2D eigenvalue weighted by Crippen LogP contribution is -1.96. The van der Waals surface area contributed by atoms with Gasteiger partial charge in [-0.15, -0.1) is 0 Å². The third-order valence-electron chi connectivity index (χ3n) is 2.62. The topological polar surface area (TPSA) is 0 Å². The van der Waals surface area contributed by atoms with E-state index in [1.165, 1.54) is 30.4 Å². The Labute approximate surface area is 106 Å². The van der Waals surface area contributed by atoms with Gasteiger partial charge in [0.15, 0.2) is 0 Å². The maximum Gasteiger partial charge on any atom is 0.0440 e. The van der Waals surface area contributed by atoms with Crippen molar-refractivity contribution in [1.29, 1.82) is 0 Å². The van der Waals surface area contributed by atoms with Gasteiger partial charge in [0.2, 0.25) is 0 Å². The predicted molar refractivity (Wildman–Crippen MR) is 72.1 cm³/mol. The molecule has 0 heterocycles. The highest BCUT2D eigenvalue weighted by atomic mass is 79.9. The number of halogens is 2. The van der Waals surface area contributed by atoms with Gasteiger partial charge in [-0.05, 0) is 49.8 Å². The Morgan fingerprint density at radius 2 is 2.13 bits per heavy atom. The van der Waals surface area contributed by atoms with Crippen molar-refractivity contribution >= 4 is 27.5 Å². The van der Waals surface area contributed by atoms with Gasteiger partial charge in [-0.2, -0.15) is 0 Å². The largest absolute Gasteiger partial charge is 0.0891 e. The van der Waals surface area contributed by atoms with E-state index in [9.17, 15) is 0 Å². The van der Waals surface area contributed by atoms with Crippen LogP contribution in [0.15, 0.2) is 18.2 Å². The molecule has 0 aliphatic carbocycles. The van der Waals surface area contributed by atoms with E-state index in [1.54, 1.807) is 0 Å². The van der Waals surface area contributed by atoms with Gasteiger partial charge in [0.25, 0.3) is 0 Å². The van der Waals surface area contributed by atoms with Crippen LogP contribution in [0, 0.1) is 6.92 Å². The lowest BCUT2D eigenvalue weighted by atomic mass is 10.0. The van der Waals surface area contributed by atoms with Crippen LogP contribution in [0.3, 0.4) is 0 Å². The second kappa shape index (κ2) is 6.55. The molecule has 1 rings (SSSR count). The molecule has 2 heteroatoms. The molecule has 0 nitrogen and oxygen atoms in total. The Bertz CT molecular complexity index is 309. The van der Waals surface area contributed by atoms with E-state index in [-0.39, 0.29) is 0 Å². The fourth-order valence-corrected chi connectivity index (χ4v) is 2.23. The molecule has 1 aromatic carbocycles. The average molecular weight is 290 g/mol. The summed E-state index contributed by atoms with van der Waals surface area (Å²) in [6.45, 7) is 4.28. The fourth-order valence-electron chi connectivity index (χ4n) is 1.57. The highest BCUT2D eigenvalue weighted by Crippen LogP contribution is 2.21. The van der Waals surface area contributed by atoms with Crippen molar-refractivity contribution in [2.24, 2.45) is 0 Å². The molecule has 0 saturated carbocycles. The fraction of sp³-hybridized carbons (Fsp3) is 0.538. The van der Waals surface area contributed by atoms with Crippen LogP contribution in [0.5, 0.6) is 0 Å². The van der Waals surface area contributed by atoms with Gasteiger partial charge in [-0.1, -0.05) is 46.6 Å². The van der Waals surface area contributed by atoms with Crippen molar-refractivity contribution in [3.8, 4) is 0 Å². The smallest absolute Gasteiger partial charge is 0.0440 e. The van der Waals surface area contributed by atoms with Crippen molar-refractivity contribution in [1.82, 2.24) is 0 Å². The molecule has 84 valence electrons. The summed E-state index contributed by atoms with van der Waals surface area (Å²) in [7, 11) is 0. The second-order valence-electron chi connectivity index (χ2n) is 3.99. The van der Waals surface area contributed by atoms with E-state index in [2.05, 4.69) is 41.9 Å². The zero-order chi connectivity index (χ0) is 11.3. The van der Waals surface area contributed by atoms with Crippen LogP contribution in [0.25, 0.3) is 0 Å². The molecule has 0 radical (unpaired) electrons. The molecule has 1 aromatic rings. The molecule has 1 atom stereocenters. The summed E-state index contributed by atoms with van der Waals surface area (Å²) in [5, 5.41) is 0.914. The Balaban J connectivity index is 2.44. The Morgan fingerprint density at radius 1 is 1.40 bits per heavy atom. The van der Waals surface area contributed by atoms with Gasteiger partial charge in [-0.25, -0.2) is 0 Å². The number of rotatable bonds is 5. The minimum Gasteiger partial charge on any atom is -0.0891 e. The third-order valence-corrected chi connectivity index (χ3v) is 4.07. The normalized spacial score (nSPS) is 12.8. The van der Waals surface area contributed by atoms with E-state index in [0.717, 1.165) is 11.4 Å². The first-order valence-electron chi connectivity index (χ1n) is 5.52. The molecular weight excluding hydrogens is 272 g/mol. The zero-order valence-electron chi connectivity index (χ0n) is 9.39. The van der Waals surface area contributed by atoms with Crippen LogP contribution >= 0.6 is 27.5 Å². The van der Waals surface area contributed by atoms with Crippen LogP contribution in [0.2, 0.25) is 5.02 Å². The standard InChI is InChI=1S/C13H18BrCl/c1-3-12(14)6-4-5-11-8-7-10(2)9-13(11)15/h7-9,12H,3-6H2,1-2H3. The second-order valence-corrected chi connectivity index (χ2v) is 5.69. The first kappa shape index (κ1) is 13.1. The molecule has 0 spiro atoms. The van der Waals surface area contributed by atoms with Gasteiger partial charge < -0.3 is 0 Å². The van der Waals surface area contributed by atoms with Crippen molar-refractivity contribution in [3.05, 3.63) is 34.3 Å². The van der Waals surface area contributed by atoms with Gasteiger partial charge in [0.1, 0.15) is 0 Å². The average Bonchev–Trinajstić information content (AvgIpc) is 2.21. The van der Waals surface area contributed by atoms with E-state index in [1.807, 2.05) is 6.07 Å². The van der Waals surface area contributed by atoms with Crippen LogP contribution in [-0.4, -0.2) is 4.83 Å². The summed E-state index contributed by atoms with van der Waals surface area (Å²) < 4.78 is 0. The Morgan fingerprint density at radius 3 is 2.73 bits per heavy atom. The van der Waals surface area contributed by atoms with Crippen molar-refractivity contribution in [2.75, 3.05) is 0 Å². The summed E-state index contributed by atoms with van der Waals surface area (Å²) in [6, 6.07) is 6.32. The van der Waals surface area contributed by atoms with Gasteiger partial charge in [-0.3, -0.25) is 0 Å². The molecule has 0 amide bonds. The number of alkyl halides is 1. The summed E-state index contributed by atoms with van der Waals surface area (Å²) in [6.07, 6.45) is 4.70. The summed E-state index contributed by atoms with van der Waals surface area (Å²) in [5.74, 6) is 0. The Hall–Kier alpha value is -0.0100. The summed E-state index contributed by atoms with van der Waals surface area (Å²) in [4.78, 5) is 0.654. The quantitative estimate of drug-likeness (QED) is 0.658. The van der Waals surface area contributed by atoms with E-state index < -0.39 is 0 Å². The molecule has 0 aromatic heterocycles. The van der Waals surface area contributed by atoms with E-state index >= 15 is 0 Å². The highest BCUT2D eigenvalue weighted by Gasteiger charge is 2.03. The van der Waals surface area contributed by atoms with Crippen molar-refractivity contribution in [3.63, 3.8) is 0 Å². The van der Waals surface area contributed by atoms with Crippen molar-refractivity contribution in [2.45, 2.75) is 44.4 Å². The molecule has 0 aliphatic heterocycles. The Kier molecular flexibility index (Phi) is 5.70. The van der Waals surface area contributed by atoms with Crippen LogP contribution in [0.1, 0.15) is 37.3 Å². The molecule has 0 N–H and O–H groups in total. The minimum atomic E-state index is 0.654. The zero-order valence-corrected chi connectivity index (χ0v) is 11.7. The molecule has 15 heavy (non-hydrogen) atoms. The van der Waals surface area contributed by atoms with Gasteiger partial charge in [0, 0.05) is 9.85 Å². The lowest BCUT2D eigenvalue weighted by Gasteiger charge is -2.08. The van der Waals surface area contributed by atoms with Crippen LogP contribution in [-0.2, 0) is 6.42 Å². The summed E-state index contributed by atoms with van der Waals surface area (Å²) in [5.41, 5.74) is 2.51. The molecule has 0 fully saturated rings. The monoisotopic (exact) mass is 288 g/mol. The van der Waals surface area contributed by atoms with Gasteiger partial charge in [0.05, 0.1) is 0 Å². The first-order chi connectivity index (χ1) is 7.13. The SMILES string of the molecule is CCC(Br)CCCc1ccc(C)cc1Cl. The summed E-state index contributed by atoms with van der Waals surface area (Å²) >= 11 is 9.81. The maximum absolute atomic E-state index is 6.17. The number of hydrogen-bond donors (Lipinski definition) is 0. The molecule has 0 bridgehead atoms. The lowest BCUT2D eigenvalue weighted by molar-refractivity contribution is 0.690. The maximum atomic E-state index is 6.17. The van der Waals surface area contributed by atoms with Crippen molar-refractivity contribution < 1.29 is 0 Å².